The highest BCUT2D eigenvalue weighted by Crippen LogP contribution is 2.40. The van der Waals surface area contributed by atoms with Crippen LogP contribution in [0.1, 0.15) is 61.1 Å². The number of halogens is 2. The van der Waals surface area contributed by atoms with Crippen LogP contribution in [0.4, 0.5) is 8.78 Å². The van der Waals surface area contributed by atoms with Gasteiger partial charge in [0.1, 0.15) is 6.04 Å². The van der Waals surface area contributed by atoms with Gasteiger partial charge < -0.3 is 10.0 Å². The second-order valence-corrected chi connectivity index (χ2v) is 15.2. The topological polar surface area (TPSA) is 77.9 Å². The number of likely N-dealkylation sites (tertiary alicyclic amines) is 2. The van der Waals surface area contributed by atoms with Crippen LogP contribution in [0.5, 0.6) is 0 Å². The number of hydrogen-bond donors (Lipinski definition) is 1. The zero-order valence-corrected chi connectivity index (χ0v) is 25.5. The van der Waals surface area contributed by atoms with Crippen LogP contribution in [0.25, 0.3) is 0 Å². The van der Waals surface area contributed by atoms with Gasteiger partial charge in [0.2, 0.25) is 0 Å². The predicted octanol–water partition coefficient (Wildman–Crippen LogP) is 5.65. The lowest BCUT2D eigenvalue weighted by molar-refractivity contribution is -0.143. The zero-order valence-electron chi connectivity index (χ0n) is 24.7. The molecule has 0 spiro atoms. The third-order valence-electron chi connectivity index (χ3n) is 9.52. The number of sulfone groups is 1. The number of aryl methyl sites for hydroxylation is 1. The molecule has 0 aromatic heterocycles. The van der Waals surface area contributed by atoms with Crippen molar-refractivity contribution >= 4 is 15.8 Å². The molecule has 3 aliphatic rings. The van der Waals surface area contributed by atoms with E-state index in [1.54, 1.807) is 0 Å². The summed E-state index contributed by atoms with van der Waals surface area (Å²) in [5.41, 5.74) is 2.90. The van der Waals surface area contributed by atoms with Crippen molar-refractivity contribution in [2.45, 2.75) is 74.6 Å². The molecule has 0 radical (unpaired) electrons. The van der Waals surface area contributed by atoms with E-state index in [1.807, 2.05) is 0 Å². The Balaban J connectivity index is 1.18. The molecule has 9 heteroatoms. The summed E-state index contributed by atoms with van der Waals surface area (Å²) in [4.78, 5) is 16.9. The Kier molecular flexibility index (Phi) is 9.40. The first-order valence-electron chi connectivity index (χ1n) is 15.3. The maximum Gasteiger partial charge on any atom is 0.320 e. The number of aliphatic carboxylic acids is 1. The number of nitrogens with zero attached hydrogens (tertiary/aromatic N) is 2. The molecule has 3 fully saturated rings. The second kappa shape index (κ2) is 12.7. The number of carbonyl (C=O) groups is 1. The molecule has 6 nitrogen and oxygen atoms in total. The SMILES string of the molecule is Cc1cccc([C@H]2CN([C@H](CC3CC3)C(=O)O)C[C@@H]2CN2CCC(CC(F)(F)Cc3ccc(S(C)(=O)=O)cc3)CC2)c1. The van der Waals surface area contributed by atoms with Crippen molar-refractivity contribution in [3.05, 3.63) is 65.2 Å². The van der Waals surface area contributed by atoms with E-state index in [4.69, 9.17) is 0 Å². The lowest BCUT2D eigenvalue weighted by atomic mass is 9.86. The molecule has 230 valence electrons. The van der Waals surface area contributed by atoms with Crippen LogP contribution in [0.3, 0.4) is 0 Å². The molecule has 0 amide bonds. The first kappa shape index (κ1) is 31.1. The maximum absolute atomic E-state index is 15.0. The molecule has 1 aliphatic carbocycles. The molecule has 0 unspecified atom stereocenters. The molecule has 2 aromatic carbocycles. The Morgan fingerprint density at radius 2 is 1.71 bits per heavy atom. The van der Waals surface area contributed by atoms with Crippen molar-refractivity contribution in [2.24, 2.45) is 17.8 Å². The fourth-order valence-electron chi connectivity index (χ4n) is 7.05. The molecule has 3 atom stereocenters. The smallest absolute Gasteiger partial charge is 0.320 e. The zero-order chi connectivity index (χ0) is 30.1. The lowest BCUT2D eigenvalue weighted by Gasteiger charge is -2.36. The third kappa shape index (κ3) is 8.17. The Labute approximate surface area is 249 Å². The summed E-state index contributed by atoms with van der Waals surface area (Å²) in [5, 5.41) is 10.0. The van der Waals surface area contributed by atoms with E-state index in [-0.39, 0.29) is 29.6 Å². The van der Waals surface area contributed by atoms with E-state index < -0.39 is 27.8 Å². The summed E-state index contributed by atoms with van der Waals surface area (Å²) in [6.07, 6.45) is 4.97. The van der Waals surface area contributed by atoms with Crippen LogP contribution in [0.15, 0.2) is 53.4 Å². The quantitative estimate of drug-likeness (QED) is 0.339. The number of carboxylic acid groups (broad SMARTS) is 1. The van der Waals surface area contributed by atoms with Gasteiger partial charge in [-0.15, -0.1) is 0 Å². The highest BCUT2D eigenvalue weighted by Gasteiger charge is 2.42. The van der Waals surface area contributed by atoms with Crippen molar-refractivity contribution in [3.63, 3.8) is 0 Å². The highest BCUT2D eigenvalue weighted by atomic mass is 32.2. The fourth-order valence-corrected chi connectivity index (χ4v) is 7.68. The summed E-state index contributed by atoms with van der Waals surface area (Å²) >= 11 is 0. The molecular formula is C33H44F2N2O4S. The van der Waals surface area contributed by atoms with Crippen molar-refractivity contribution in [1.29, 1.82) is 0 Å². The van der Waals surface area contributed by atoms with Gasteiger partial charge in [-0.1, -0.05) is 54.8 Å². The van der Waals surface area contributed by atoms with Crippen LogP contribution < -0.4 is 0 Å². The summed E-state index contributed by atoms with van der Waals surface area (Å²) in [7, 11) is -3.36. The monoisotopic (exact) mass is 602 g/mol. The van der Waals surface area contributed by atoms with Crippen LogP contribution in [-0.2, 0) is 21.1 Å². The number of benzene rings is 2. The Morgan fingerprint density at radius 1 is 1.02 bits per heavy atom. The summed E-state index contributed by atoms with van der Waals surface area (Å²) in [5.74, 6) is -2.56. The summed E-state index contributed by atoms with van der Waals surface area (Å²) in [6.45, 7) is 5.96. The minimum Gasteiger partial charge on any atom is -0.480 e. The maximum atomic E-state index is 15.0. The van der Waals surface area contributed by atoms with Gasteiger partial charge in [0.25, 0.3) is 5.92 Å². The molecule has 1 N–H and O–H groups in total. The third-order valence-corrected chi connectivity index (χ3v) is 10.6. The van der Waals surface area contributed by atoms with Gasteiger partial charge in [-0.3, -0.25) is 9.69 Å². The lowest BCUT2D eigenvalue weighted by Crippen LogP contribution is -2.42. The molecule has 2 heterocycles. The molecule has 5 rings (SSSR count). The van der Waals surface area contributed by atoms with Crippen LogP contribution >= 0.6 is 0 Å². The number of rotatable bonds is 12. The molecule has 2 aromatic rings. The Hall–Kier alpha value is -2.36. The average molecular weight is 603 g/mol. The molecular weight excluding hydrogens is 558 g/mol. The van der Waals surface area contributed by atoms with Crippen molar-refractivity contribution in [3.8, 4) is 0 Å². The van der Waals surface area contributed by atoms with E-state index in [1.165, 1.54) is 35.4 Å². The van der Waals surface area contributed by atoms with Crippen LogP contribution in [0.2, 0.25) is 0 Å². The van der Waals surface area contributed by atoms with Crippen LogP contribution in [0, 0.1) is 24.7 Å². The van der Waals surface area contributed by atoms with Gasteiger partial charge in [0.15, 0.2) is 9.84 Å². The van der Waals surface area contributed by atoms with Gasteiger partial charge in [-0.2, -0.15) is 0 Å². The Morgan fingerprint density at radius 3 is 2.31 bits per heavy atom. The minimum absolute atomic E-state index is 0.0610. The van der Waals surface area contributed by atoms with Gasteiger partial charge in [0.05, 0.1) is 4.90 Å². The van der Waals surface area contributed by atoms with E-state index in [2.05, 4.69) is 41.0 Å². The normalized spacial score (nSPS) is 23.7. The highest BCUT2D eigenvalue weighted by molar-refractivity contribution is 7.90. The van der Waals surface area contributed by atoms with Gasteiger partial charge >= 0.3 is 5.97 Å². The second-order valence-electron chi connectivity index (χ2n) is 13.2. The number of alkyl halides is 2. The first-order valence-corrected chi connectivity index (χ1v) is 17.2. The van der Waals surface area contributed by atoms with Gasteiger partial charge in [-0.05, 0) is 80.3 Å². The number of piperidine rings is 1. The molecule has 0 bridgehead atoms. The van der Waals surface area contributed by atoms with Crippen molar-refractivity contribution in [2.75, 3.05) is 39.0 Å². The number of carboxylic acids is 1. The van der Waals surface area contributed by atoms with Crippen LogP contribution in [-0.4, -0.2) is 80.2 Å². The molecule has 42 heavy (non-hydrogen) atoms. The van der Waals surface area contributed by atoms with Gasteiger partial charge in [0, 0.05) is 44.6 Å². The molecule has 2 saturated heterocycles. The Bertz CT molecular complexity index is 1340. The van der Waals surface area contributed by atoms with E-state index in [0.29, 0.717) is 30.2 Å². The standard InChI is InChI=1S/C33H44F2N2O4S/c1-23-4-3-5-27(16-23)30-22-37(31(32(38)39)17-24-6-7-24)21-28(30)20-36-14-12-26(13-15-36)19-33(34,35)18-25-8-10-29(11-9-25)42(2,40)41/h3-5,8-11,16,24,26,28,30-31H,6-7,12-15,17-22H2,1-2H3,(H,38,39)/t28-,30+,31+/m0/s1. The first-order chi connectivity index (χ1) is 19.9. The summed E-state index contributed by atoms with van der Waals surface area (Å²) < 4.78 is 53.4. The molecule has 2 aliphatic heterocycles. The fraction of sp³-hybridized carbons (Fsp3) is 0.606. The number of hydrogen-bond acceptors (Lipinski definition) is 5. The van der Waals surface area contributed by atoms with Gasteiger partial charge in [-0.25, -0.2) is 17.2 Å². The minimum atomic E-state index is -3.36. The molecule has 1 saturated carbocycles. The van der Waals surface area contributed by atoms with E-state index in [9.17, 15) is 18.3 Å². The van der Waals surface area contributed by atoms with E-state index >= 15 is 8.78 Å². The van der Waals surface area contributed by atoms with E-state index in [0.717, 1.165) is 58.2 Å². The average Bonchev–Trinajstić information content (AvgIpc) is 3.65. The van der Waals surface area contributed by atoms with Crippen molar-refractivity contribution in [1.82, 2.24) is 9.80 Å². The summed E-state index contributed by atoms with van der Waals surface area (Å²) in [6, 6.07) is 13.9. The predicted molar refractivity (Wildman–Crippen MR) is 160 cm³/mol. The largest absolute Gasteiger partial charge is 0.480 e. The van der Waals surface area contributed by atoms with Crippen molar-refractivity contribution < 1.29 is 27.1 Å².